The van der Waals surface area contributed by atoms with Crippen molar-refractivity contribution in [3.05, 3.63) is 23.7 Å². The Kier molecular flexibility index (Phi) is 3.84. The van der Waals surface area contributed by atoms with Crippen molar-refractivity contribution >= 4 is 46.0 Å². The number of aromatic amines is 1. The molecule has 7 nitrogen and oxygen atoms in total. The summed E-state index contributed by atoms with van der Waals surface area (Å²) in [4.78, 5) is 31.6. The van der Waals surface area contributed by atoms with Crippen molar-refractivity contribution in [1.29, 1.82) is 0 Å². The molecule has 21 heavy (non-hydrogen) atoms. The zero-order valence-electron chi connectivity index (χ0n) is 11.3. The second kappa shape index (κ2) is 5.78. The Morgan fingerprint density at radius 3 is 3.05 bits per heavy atom. The molecule has 3 aromatic heterocycles. The summed E-state index contributed by atoms with van der Waals surface area (Å²) in [6.07, 6.45) is 2.90. The summed E-state index contributed by atoms with van der Waals surface area (Å²) < 4.78 is 0.879. The maximum Gasteiger partial charge on any atom is 0.238 e. The van der Waals surface area contributed by atoms with Crippen LogP contribution in [0.25, 0.3) is 11.2 Å². The van der Waals surface area contributed by atoms with Gasteiger partial charge < -0.3 is 10.3 Å². The van der Waals surface area contributed by atoms with E-state index in [1.54, 1.807) is 0 Å². The quantitative estimate of drug-likeness (QED) is 0.716. The molecule has 0 aliphatic rings. The maximum absolute atomic E-state index is 12.2. The van der Waals surface area contributed by atoms with E-state index in [0.717, 1.165) is 10.0 Å². The largest absolute Gasteiger partial charge is 0.340 e. The number of thiazole rings is 1. The van der Waals surface area contributed by atoms with Gasteiger partial charge in [0.05, 0.1) is 11.6 Å². The van der Waals surface area contributed by atoms with Gasteiger partial charge in [0.15, 0.2) is 15.8 Å². The average molecular weight is 320 g/mol. The molecule has 1 amide bonds. The third kappa shape index (κ3) is 3.03. The van der Waals surface area contributed by atoms with Crippen LogP contribution in [0.15, 0.2) is 22.4 Å². The molecular weight excluding hydrogens is 308 g/mol. The number of rotatable bonds is 4. The second-order valence-electron chi connectivity index (χ2n) is 4.33. The minimum absolute atomic E-state index is 0.137. The van der Waals surface area contributed by atoms with Crippen LogP contribution >= 0.6 is 23.1 Å². The van der Waals surface area contributed by atoms with Gasteiger partial charge in [0.1, 0.15) is 11.8 Å². The SMILES string of the molecule is Cc1csc(S[C@H](C)C(=O)Nc2ncnc3nc[nH]c23)n1. The van der Waals surface area contributed by atoms with Gasteiger partial charge in [-0.25, -0.2) is 19.9 Å². The van der Waals surface area contributed by atoms with Crippen LogP contribution in [-0.2, 0) is 4.79 Å². The highest BCUT2D eigenvalue weighted by Gasteiger charge is 2.18. The highest BCUT2D eigenvalue weighted by atomic mass is 32.2. The molecule has 0 aliphatic heterocycles. The maximum atomic E-state index is 12.2. The van der Waals surface area contributed by atoms with Gasteiger partial charge >= 0.3 is 0 Å². The molecule has 3 heterocycles. The van der Waals surface area contributed by atoms with E-state index in [0.29, 0.717) is 17.0 Å². The predicted octanol–water partition coefficient (Wildman–Crippen LogP) is 2.24. The Morgan fingerprint density at radius 2 is 2.29 bits per heavy atom. The lowest BCUT2D eigenvalue weighted by atomic mass is 10.4. The summed E-state index contributed by atoms with van der Waals surface area (Å²) in [5.74, 6) is 0.299. The van der Waals surface area contributed by atoms with Gasteiger partial charge in [-0.15, -0.1) is 11.3 Å². The molecule has 0 bridgehead atoms. The van der Waals surface area contributed by atoms with Gasteiger partial charge in [-0.05, 0) is 13.8 Å². The van der Waals surface area contributed by atoms with Crippen LogP contribution in [0.2, 0.25) is 0 Å². The molecular formula is C12H12N6OS2. The molecule has 108 valence electrons. The minimum atomic E-state index is -0.275. The van der Waals surface area contributed by atoms with Crippen LogP contribution in [0.5, 0.6) is 0 Å². The Hall–Kier alpha value is -2.00. The highest BCUT2D eigenvalue weighted by molar-refractivity contribution is 8.02. The molecule has 0 saturated carbocycles. The molecule has 2 N–H and O–H groups in total. The second-order valence-corrected chi connectivity index (χ2v) is 6.77. The number of hydrogen-bond acceptors (Lipinski definition) is 7. The smallest absolute Gasteiger partial charge is 0.238 e. The highest BCUT2D eigenvalue weighted by Crippen LogP contribution is 2.27. The Labute approximate surface area is 128 Å². The summed E-state index contributed by atoms with van der Waals surface area (Å²) >= 11 is 2.96. The number of nitrogens with zero attached hydrogens (tertiary/aromatic N) is 4. The van der Waals surface area contributed by atoms with Crippen molar-refractivity contribution in [3.63, 3.8) is 0 Å². The Morgan fingerprint density at radius 1 is 1.43 bits per heavy atom. The molecule has 0 spiro atoms. The molecule has 1 atom stereocenters. The van der Waals surface area contributed by atoms with Gasteiger partial charge in [0.25, 0.3) is 0 Å². The number of anilines is 1. The third-order valence-electron chi connectivity index (χ3n) is 2.71. The first-order valence-corrected chi connectivity index (χ1v) is 7.93. The van der Waals surface area contributed by atoms with E-state index in [-0.39, 0.29) is 11.2 Å². The number of thioether (sulfide) groups is 1. The number of carbonyl (C=O) groups is 1. The van der Waals surface area contributed by atoms with Crippen molar-refractivity contribution in [2.24, 2.45) is 0 Å². The molecule has 0 radical (unpaired) electrons. The fourth-order valence-electron chi connectivity index (χ4n) is 1.67. The molecule has 0 saturated heterocycles. The van der Waals surface area contributed by atoms with Crippen LogP contribution in [0, 0.1) is 6.92 Å². The first-order valence-electron chi connectivity index (χ1n) is 6.17. The van der Waals surface area contributed by atoms with Gasteiger partial charge in [-0.3, -0.25) is 4.79 Å². The third-order valence-corrected chi connectivity index (χ3v) is 4.90. The molecule has 3 rings (SSSR count). The summed E-state index contributed by atoms with van der Waals surface area (Å²) in [7, 11) is 0. The van der Waals surface area contributed by atoms with Crippen LogP contribution < -0.4 is 5.32 Å². The first kappa shape index (κ1) is 14.0. The molecule has 9 heteroatoms. The Balaban J connectivity index is 1.72. The normalized spacial score (nSPS) is 12.5. The molecule has 0 unspecified atom stereocenters. The number of amides is 1. The fraction of sp³-hybridized carbons (Fsp3) is 0.250. The van der Waals surface area contributed by atoms with E-state index >= 15 is 0 Å². The number of aryl methyl sites for hydroxylation is 1. The monoisotopic (exact) mass is 320 g/mol. The van der Waals surface area contributed by atoms with Crippen LogP contribution in [0.1, 0.15) is 12.6 Å². The molecule has 0 aromatic carbocycles. The van der Waals surface area contributed by atoms with E-state index < -0.39 is 0 Å². The number of nitrogens with one attached hydrogen (secondary N) is 2. The van der Waals surface area contributed by atoms with E-state index in [1.807, 2.05) is 19.2 Å². The number of aromatic nitrogens is 5. The number of H-pyrrole nitrogens is 1. The minimum Gasteiger partial charge on any atom is -0.340 e. The number of hydrogen-bond donors (Lipinski definition) is 2. The van der Waals surface area contributed by atoms with Gasteiger partial charge in [-0.1, -0.05) is 11.8 Å². The van der Waals surface area contributed by atoms with Crippen LogP contribution in [0.3, 0.4) is 0 Å². The summed E-state index contributed by atoms with van der Waals surface area (Å²) in [5, 5.41) is 4.48. The van der Waals surface area contributed by atoms with Crippen molar-refractivity contribution < 1.29 is 4.79 Å². The summed E-state index contributed by atoms with van der Waals surface area (Å²) in [5.41, 5.74) is 2.11. The van der Waals surface area contributed by atoms with E-state index in [1.165, 1.54) is 35.8 Å². The first-order chi connectivity index (χ1) is 10.1. The zero-order valence-corrected chi connectivity index (χ0v) is 13.0. The number of imidazole rings is 1. The van der Waals surface area contributed by atoms with Crippen molar-refractivity contribution in [2.45, 2.75) is 23.4 Å². The lowest BCUT2D eigenvalue weighted by Gasteiger charge is -2.09. The van der Waals surface area contributed by atoms with Gasteiger partial charge in [-0.2, -0.15) is 0 Å². The molecule has 0 aliphatic carbocycles. The number of fused-ring (bicyclic) bond motifs is 1. The van der Waals surface area contributed by atoms with Crippen molar-refractivity contribution in [3.8, 4) is 0 Å². The Bertz CT molecular complexity index is 783. The summed E-state index contributed by atoms with van der Waals surface area (Å²) in [6, 6.07) is 0. The lowest BCUT2D eigenvalue weighted by molar-refractivity contribution is -0.115. The van der Waals surface area contributed by atoms with Crippen LogP contribution in [0.4, 0.5) is 5.82 Å². The van der Waals surface area contributed by atoms with E-state index in [4.69, 9.17) is 0 Å². The average Bonchev–Trinajstić information content (AvgIpc) is 3.08. The van der Waals surface area contributed by atoms with Crippen molar-refractivity contribution in [1.82, 2.24) is 24.9 Å². The van der Waals surface area contributed by atoms with Crippen molar-refractivity contribution in [2.75, 3.05) is 5.32 Å². The van der Waals surface area contributed by atoms with Crippen LogP contribution in [-0.4, -0.2) is 36.1 Å². The predicted molar refractivity (Wildman–Crippen MR) is 82.5 cm³/mol. The topological polar surface area (TPSA) is 96.5 Å². The van der Waals surface area contributed by atoms with Gasteiger partial charge in [0, 0.05) is 11.1 Å². The molecule has 3 aromatic rings. The summed E-state index contributed by atoms with van der Waals surface area (Å²) in [6.45, 7) is 3.77. The van der Waals surface area contributed by atoms with E-state index in [9.17, 15) is 4.79 Å². The lowest BCUT2D eigenvalue weighted by Crippen LogP contribution is -2.23. The standard InChI is InChI=1S/C12H12N6OS2/c1-6-3-20-12(17-6)21-7(2)11(19)18-10-8-9(14-4-13-8)15-5-16-10/h3-5,7H,1-2H3,(H2,13,14,15,16,18,19)/t7-/m1/s1. The van der Waals surface area contributed by atoms with Gasteiger partial charge in [0.2, 0.25) is 5.91 Å². The fourth-order valence-corrected chi connectivity index (χ4v) is 3.65. The number of carbonyl (C=O) groups excluding carboxylic acids is 1. The molecule has 0 fully saturated rings. The van der Waals surface area contributed by atoms with E-state index in [2.05, 4.69) is 30.2 Å². The zero-order chi connectivity index (χ0) is 14.8.